The first kappa shape index (κ1) is 17.6. The molecule has 0 aliphatic carbocycles. The summed E-state index contributed by atoms with van der Waals surface area (Å²) in [5, 5.41) is 10.9. The molecule has 3 aromatic rings. The molecule has 0 atom stereocenters. The maximum Gasteiger partial charge on any atom is 0.416 e. The maximum absolute atomic E-state index is 12.9. The lowest BCUT2D eigenvalue weighted by Crippen LogP contribution is -2.08. The quantitative estimate of drug-likeness (QED) is 0.740. The second-order valence-electron chi connectivity index (χ2n) is 5.27. The van der Waals surface area contributed by atoms with E-state index in [2.05, 4.69) is 15.6 Å². The number of benzene rings is 2. The summed E-state index contributed by atoms with van der Waals surface area (Å²) in [6, 6.07) is 10.3. The van der Waals surface area contributed by atoms with Gasteiger partial charge in [0.05, 0.1) is 26.0 Å². The molecule has 136 valence electrons. The Morgan fingerprint density at radius 1 is 1.00 bits per heavy atom. The average Bonchev–Trinajstić information content (AvgIpc) is 3.09. The van der Waals surface area contributed by atoms with Crippen LogP contribution in [0.5, 0.6) is 11.5 Å². The van der Waals surface area contributed by atoms with E-state index in [0.717, 1.165) is 17.8 Å². The minimum Gasteiger partial charge on any atom is -0.497 e. The average molecular weight is 364 g/mol. The van der Waals surface area contributed by atoms with Crippen LogP contribution >= 0.6 is 0 Å². The van der Waals surface area contributed by atoms with Crippen LogP contribution in [0.2, 0.25) is 0 Å². The number of anilines is 2. The molecule has 0 fully saturated rings. The topological polar surface area (TPSA) is 61.2 Å². The smallest absolute Gasteiger partial charge is 0.416 e. The summed E-state index contributed by atoms with van der Waals surface area (Å²) in [7, 11) is 2.87. The zero-order chi connectivity index (χ0) is 18.7. The predicted octanol–water partition coefficient (Wildman–Crippen LogP) is 4.05. The van der Waals surface area contributed by atoms with Gasteiger partial charge in [-0.15, -0.1) is 5.10 Å². The Hall–Kier alpha value is -3.23. The highest BCUT2D eigenvalue weighted by Gasteiger charge is 2.31. The van der Waals surface area contributed by atoms with Gasteiger partial charge in [0.1, 0.15) is 17.2 Å². The summed E-state index contributed by atoms with van der Waals surface area (Å²) in [4.78, 5) is 0. The molecule has 0 radical (unpaired) electrons. The third-order valence-corrected chi connectivity index (χ3v) is 3.65. The van der Waals surface area contributed by atoms with Crippen molar-refractivity contribution in [1.82, 2.24) is 15.0 Å². The summed E-state index contributed by atoms with van der Waals surface area (Å²) >= 11 is 0. The van der Waals surface area contributed by atoms with Crippen LogP contribution in [0.3, 0.4) is 0 Å². The van der Waals surface area contributed by atoms with Gasteiger partial charge in [0, 0.05) is 5.69 Å². The Kier molecular flexibility index (Phi) is 4.70. The van der Waals surface area contributed by atoms with Gasteiger partial charge in [-0.05, 0) is 42.5 Å². The highest BCUT2D eigenvalue weighted by atomic mass is 19.4. The molecule has 1 heterocycles. The molecule has 9 heteroatoms. The molecule has 1 aromatic heterocycles. The lowest BCUT2D eigenvalue weighted by Gasteiger charge is -2.14. The Balaban J connectivity index is 1.94. The van der Waals surface area contributed by atoms with Gasteiger partial charge < -0.3 is 14.8 Å². The second-order valence-corrected chi connectivity index (χ2v) is 5.27. The number of aromatic nitrogens is 3. The van der Waals surface area contributed by atoms with Crippen LogP contribution in [0, 0.1) is 0 Å². The van der Waals surface area contributed by atoms with Gasteiger partial charge >= 0.3 is 6.18 Å². The summed E-state index contributed by atoms with van der Waals surface area (Å²) in [6.45, 7) is 0. The molecule has 0 spiro atoms. The van der Waals surface area contributed by atoms with E-state index in [0.29, 0.717) is 17.3 Å². The number of halogens is 3. The number of nitrogens with zero attached hydrogens (tertiary/aromatic N) is 3. The van der Waals surface area contributed by atoms with Crippen molar-refractivity contribution < 1.29 is 22.6 Å². The van der Waals surface area contributed by atoms with Crippen LogP contribution < -0.4 is 14.8 Å². The molecule has 0 aliphatic rings. The fourth-order valence-electron chi connectivity index (χ4n) is 2.35. The molecule has 0 aliphatic heterocycles. The van der Waals surface area contributed by atoms with Crippen molar-refractivity contribution in [1.29, 1.82) is 0 Å². The number of nitrogens with one attached hydrogen (secondary N) is 1. The monoisotopic (exact) mass is 364 g/mol. The molecule has 0 saturated heterocycles. The van der Waals surface area contributed by atoms with Gasteiger partial charge in [-0.3, -0.25) is 0 Å². The first-order chi connectivity index (χ1) is 12.4. The summed E-state index contributed by atoms with van der Waals surface area (Å²) < 4.78 is 50.3. The molecular weight excluding hydrogens is 349 g/mol. The van der Waals surface area contributed by atoms with E-state index in [1.807, 2.05) is 0 Å². The molecule has 1 N–H and O–H groups in total. The molecule has 0 amide bonds. The highest BCUT2D eigenvalue weighted by Crippen LogP contribution is 2.35. The Morgan fingerprint density at radius 2 is 1.73 bits per heavy atom. The van der Waals surface area contributed by atoms with E-state index in [-0.39, 0.29) is 5.75 Å². The molecule has 2 aromatic carbocycles. The van der Waals surface area contributed by atoms with Crippen molar-refractivity contribution in [3.63, 3.8) is 0 Å². The fraction of sp³-hybridized carbons (Fsp3) is 0.176. The van der Waals surface area contributed by atoms with E-state index >= 15 is 0 Å². The van der Waals surface area contributed by atoms with Crippen LogP contribution in [-0.2, 0) is 6.18 Å². The third-order valence-electron chi connectivity index (χ3n) is 3.65. The first-order valence-electron chi connectivity index (χ1n) is 7.50. The van der Waals surface area contributed by atoms with Gasteiger partial charge in [-0.25, -0.2) is 0 Å². The van der Waals surface area contributed by atoms with Gasteiger partial charge in [0.25, 0.3) is 0 Å². The zero-order valence-corrected chi connectivity index (χ0v) is 13.9. The predicted molar refractivity (Wildman–Crippen MR) is 89.2 cm³/mol. The first-order valence-corrected chi connectivity index (χ1v) is 7.50. The number of methoxy groups -OCH3 is 2. The Morgan fingerprint density at radius 3 is 2.35 bits per heavy atom. The number of rotatable bonds is 5. The molecular formula is C17H15F3N4O2. The van der Waals surface area contributed by atoms with Crippen molar-refractivity contribution in [3.8, 4) is 17.2 Å². The minimum atomic E-state index is -4.46. The van der Waals surface area contributed by atoms with Crippen molar-refractivity contribution in [3.05, 3.63) is 54.2 Å². The lowest BCUT2D eigenvalue weighted by molar-refractivity contribution is -0.137. The summed E-state index contributed by atoms with van der Waals surface area (Å²) in [5.41, 5.74) is 0.261. The number of alkyl halides is 3. The molecule has 0 unspecified atom stereocenters. The highest BCUT2D eigenvalue weighted by molar-refractivity contribution is 5.60. The third kappa shape index (κ3) is 3.56. The van der Waals surface area contributed by atoms with Gasteiger partial charge in [-0.1, -0.05) is 5.21 Å². The lowest BCUT2D eigenvalue weighted by atomic mass is 10.2. The maximum atomic E-state index is 12.9. The second kappa shape index (κ2) is 6.95. The van der Waals surface area contributed by atoms with Crippen LogP contribution in [0.25, 0.3) is 5.69 Å². The van der Waals surface area contributed by atoms with Crippen molar-refractivity contribution in [2.24, 2.45) is 0 Å². The van der Waals surface area contributed by atoms with E-state index in [9.17, 15) is 13.2 Å². The normalized spacial score (nSPS) is 11.3. The summed E-state index contributed by atoms with van der Waals surface area (Å²) in [6.07, 6.45) is -3.00. The molecule has 3 rings (SSSR count). The van der Waals surface area contributed by atoms with Gasteiger partial charge in [-0.2, -0.15) is 17.9 Å². The van der Waals surface area contributed by atoms with Crippen LogP contribution in [0.15, 0.2) is 48.7 Å². The minimum absolute atomic E-state index is 0.0307. The Bertz CT molecular complexity index is 892. The molecule has 26 heavy (non-hydrogen) atoms. The van der Waals surface area contributed by atoms with Gasteiger partial charge in [0.2, 0.25) is 0 Å². The fourth-order valence-corrected chi connectivity index (χ4v) is 2.35. The van der Waals surface area contributed by atoms with Gasteiger partial charge in [0.15, 0.2) is 5.82 Å². The van der Waals surface area contributed by atoms with E-state index in [1.54, 1.807) is 31.4 Å². The zero-order valence-electron chi connectivity index (χ0n) is 13.9. The van der Waals surface area contributed by atoms with E-state index in [1.165, 1.54) is 24.1 Å². The van der Waals surface area contributed by atoms with E-state index < -0.39 is 11.7 Å². The Labute approximate surface area is 147 Å². The molecule has 0 saturated carbocycles. The number of hydrogen-bond donors (Lipinski definition) is 1. The van der Waals surface area contributed by atoms with Crippen LogP contribution in [-0.4, -0.2) is 29.2 Å². The molecule has 6 nitrogen and oxygen atoms in total. The van der Waals surface area contributed by atoms with Crippen molar-refractivity contribution in [2.75, 3.05) is 19.5 Å². The van der Waals surface area contributed by atoms with E-state index in [4.69, 9.17) is 9.47 Å². The number of hydrogen-bond acceptors (Lipinski definition) is 5. The SMILES string of the molecule is COc1ccc(Nc2cnnn2-c2ccc(C(F)(F)F)cc2OC)cc1. The summed E-state index contributed by atoms with van der Waals surface area (Å²) in [5.74, 6) is 1.20. The van der Waals surface area contributed by atoms with Crippen molar-refractivity contribution >= 4 is 11.5 Å². The van der Waals surface area contributed by atoms with Crippen molar-refractivity contribution in [2.45, 2.75) is 6.18 Å². The largest absolute Gasteiger partial charge is 0.497 e. The van der Waals surface area contributed by atoms with Crippen LogP contribution in [0.4, 0.5) is 24.7 Å². The molecule has 0 bridgehead atoms. The number of ether oxygens (including phenoxy) is 2. The standard InChI is InChI=1S/C17H15F3N4O2/c1-25-13-6-4-12(5-7-13)22-16-10-21-23-24(16)14-8-3-11(17(18,19)20)9-15(14)26-2/h3-10,22H,1-2H3. The van der Waals surface area contributed by atoms with Crippen LogP contribution in [0.1, 0.15) is 5.56 Å².